The van der Waals surface area contributed by atoms with Crippen molar-refractivity contribution in [2.75, 3.05) is 44.7 Å². The molecule has 5 rings (SSSR count). The highest BCUT2D eigenvalue weighted by Crippen LogP contribution is 2.45. The van der Waals surface area contributed by atoms with Crippen LogP contribution in [0.15, 0.2) is 12.4 Å². The Bertz CT molecular complexity index is 1060. The summed E-state index contributed by atoms with van der Waals surface area (Å²) in [5, 5.41) is 10.5. The normalized spacial score (nSPS) is 32.0. The Balaban J connectivity index is 1.46. The molecule has 4 saturated heterocycles. The summed E-state index contributed by atoms with van der Waals surface area (Å²) in [5.41, 5.74) is -1.22. The summed E-state index contributed by atoms with van der Waals surface area (Å²) in [6, 6.07) is 0. The second-order valence-corrected chi connectivity index (χ2v) is 13.9. The van der Waals surface area contributed by atoms with Crippen LogP contribution in [0.2, 0.25) is 5.82 Å². The van der Waals surface area contributed by atoms with Gasteiger partial charge in [0.2, 0.25) is 5.95 Å². The summed E-state index contributed by atoms with van der Waals surface area (Å²) in [5.74, 6) is -1.18. The van der Waals surface area contributed by atoms with E-state index >= 15 is 0 Å². The van der Waals surface area contributed by atoms with Crippen LogP contribution in [-0.4, -0.2) is 113 Å². The van der Waals surface area contributed by atoms with Crippen LogP contribution < -0.4 is 10.4 Å². The SMILES string of the molecule is CN1CCN(C2C(C(=O)O)CC(B3OC(C)(C)C(C)(C)O3)CN2c2ncc(B3OC(C)(C)C(C)(C)O3)cn2)CC1. The van der Waals surface area contributed by atoms with Gasteiger partial charge in [-0.15, -0.1) is 0 Å². The number of anilines is 1. The molecule has 1 N–H and O–H groups in total. The summed E-state index contributed by atoms with van der Waals surface area (Å²) >= 11 is 0. The summed E-state index contributed by atoms with van der Waals surface area (Å²) in [4.78, 5) is 28.9. The van der Waals surface area contributed by atoms with Crippen molar-refractivity contribution in [3.63, 3.8) is 0 Å². The van der Waals surface area contributed by atoms with E-state index in [-0.39, 0.29) is 12.0 Å². The number of carboxylic acid groups (broad SMARTS) is 1. The lowest BCUT2D eigenvalue weighted by molar-refractivity contribution is -0.145. The number of nitrogens with zero attached hydrogens (tertiary/aromatic N) is 5. The Morgan fingerprint density at radius 2 is 1.38 bits per heavy atom. The van der Waals surface area contributed by atoms with Gasteiger partial charge in [-0.2, -0.15) is 0 Å². The Labute approximate surface area is 239 Å². The minimum atomic E-state index is -0.830. The smallest absolute Gasteiger partial charge is 0.481 e. The lowest BCUT2D eigenvalue weighted by Crippen LogP contribution is -2.63. The Morgan fingerprint density at radius 1 is 0.875 bits per heavy atom. The highest BCUT2D eigenvalue weighted by Gasteiger charge is 2.57. The van der Waals surface area contributed by atoms with Crippen molar-refractivity contribution in [2.24, 2.45) is 5.92 Å². The van der Waals surface area contributed by atoms with Crippen molar-refractivity contribution >= 4 is 31.6 Å². The summed E-state index contributed by atoms with van der Waals surface area (Å²) in [7, 11) is 1.00. The largest absolute Gasteiger partial charge is 0.498 e. The fourth-order valence-electron chi connectivity index (χ4n) is 5.93. The van der Waals surface area contributed by atoms with Crippen LogP contribution in [0.5, 0.6) is 0 Å². The Morgan fingerprint density at radius 3 is 1.88 bits per heavy atom. The minimum Gasteiger partial charge on any atom is -0.481 e. The van der Waals surface area contributed by atoms with E-state index in [4.69, 9.17) is 28.6 Å². The molecule has 0 aromatic carbocycles. The topological polar surface area (TPSA) is 110 Å². The number of hydrogen-bond acceptors (Lipinski definition) is 10. The van der Waals surface area contributed by atoms with E-state index in [0.717, 1.165) is 31.6 Å². The van der Waals surface area contributed by atoms with Gasteiger partial charge in [-0.3, -0.25) is 9.69 Å². The maximum atomic E-state index is 12.8. The molecule has 0 spiro atoms. The van der Waals surface area contributed by atoms with Gasteiger partial charge in [0.05, 0.1) is 34.5 Å². The standard InChI is InChI=1S/C27H45B2N5O6/c1-24(2)25(3,4)38-28(37-24)18-14-20(22(35)36)21(33-12-10-32(9)11-13-33)34(17-18)23-30-15-19(16-31-23)29-39-26(5,6)27(7,8)40-29/h15-16,18,20-21H,10-14,17H2,1-9H3,(H,35,36). The molecule has 5 heterocycles. The van der Waals surface area contributed by atoms with Gasteiger partial charge in [0.15, 0.2) is 0 Å². The summed E-state index contributed by atoms with van der Waals surface area (Å²) in [6.45, 7) is 19.9. The zero-order valence-electron chi connectivity index (χ0n) is 25.5. The zero-order valence-corrected chi connectivity index (χ0v) is 25.5. The number of hydrogen-bond donors (Lipinski definition) is 1. The molecule has 4 fully saturated rings. The molecule has 0 saturated carbocycles. The number of rotatable bonds is 5. The molecule has 40 heavy (non-hydrogen) atoms. The monoisotopic (exact) mass is 557 g/mol. The van der Waals surface area contributed by atoms with E-state index in [9.17, 15) is 9.90 Å². The third-order valence-corrected chi connectivity index (χ3v) is 9.99. The zero-order chi connectivity index (χ0) is 29.3. The number of piperidine rings is 1. The van der Waals surface area contributed by atoms with Gasteiger partial charge in [-0.05, 0) is 68.9 Å². The third kappa shape index (κ3) is 5.29. The lowest BCUT2D eigenvalue weighted by atomic mass is 9.64. The average molecular weight is 557 g/mol. The molecule has 0 amide bonds. The molecule has 3 atom stereocenters. The first-order valence-corrected chi connectivity index (χ1v) is 14.5. The molecule has 1 aromatic rings. The van der Waals surface area contributed by atoms with Crippen LogP contribution in [0.25, 0.3) is 0 Å². The molecule has 3 unspecified atom stereocenters. The molecule has 13 heteroatoms. The van der Waals surface area contributed by atoms with Crippen molar-refractivity contribution in [3.8, 4) is 0 Å². The summed E-state index contributed by atoms with van der Waals surface area (Å²) in [6.07, 6.45) is 3.54. The molecule has 0 aliphatic carbocycles. The number of carboxylic acids is 1. The van der Waals surface area contributed by atoms with Gasteiger partial charge in [0.25, 0.3) is 0 Å². The fraction of sp³-hybridized carbons (Fsp3) is 0.815. The van der Waals surface area contributed by atoms with Crippen molar-refractivity contribution in [3.05, 3.63) is 12.4 Å². The second kappa shape index (κ2) is 10.2. The lowest BCUT2D eigenvalue weighted by Gasteiger charge is -2.50. The first kappa shape index (κ1) is 29.7. The molecule has 0 radical (unpaired) electrons. The molecule has 4 aliphatic rings. The van der Waals surface area contributed by atoms with E-state index < -0.39 is 48.5 Å². The Kier molecular flexibility index (Phi) is 7.58. The molecule has 4 aliphatic heterocycles. The number of carbonyl (C=O) groups is 1. The van der Waals surface area contributed by atoms with E-state index in [0.29, 0.717) is 18.9 Å². The highest BCUT2D eigenvalue weighted by atomic mass is 16.7. The van der Waals surface area contributed by atoms with Crippen LogP contribution in [0.4, 0.5) is 5.95 Å². The molecule has 0 bridgehead atoms. The van der Waals surface area contributed by atoms with Crippen LogP contribution >= 0.6 is 0 Å². The van der Waals surface area contributed by atoms with Crippen LogP contribution in [0.3, 0.4) is 0 Å². The fourth-order valence-corrected chi connectivity index (χ4v) is 5.93. The molecule has 220 valence electrons. The van der Waals surface area contributed by atoms with E-state index in [1.165, 1.54) is 0 Å². The van der Waals surface area contributed by atoms with Crippen molar-refractivity contribution in [1.29, 1.82) is 0 Å². The summed E-state index contributed by atoms with van der Waals surface area (Å²) < 4.78 is 25.2. The van der Waals surface area contributed by atoms with E-state index in [1.807, 2.05) is 55.4 Å². The molecule has 1 aromatic heterocycles. The predicted octanol–water partition coefficient (Wildman–Crippen LogP) is 1.72. The maximum Gasteiger partial charge on any atom is 0.498 e. The molecular formula is C27H45B2N5O6. The van der Waals surface area contributed by atoms with Gasteiger partial charge in [0.1, 0.15) is 0 Å². The van der Waals surface area contributed by atoms with Crippen LogP contribution in [-0.2, 0) is 23.4 Å². The average Bonchev–Trinajstić information content (AvgIpc) is 3.23. The third-order valence-electron chi connectivity index (χ3n) is 9.99. The van der Waals surface area contributed by atoms with E-state index in [2.05, 4.69) is 21.7 Å². The van der Waals surface area contributed by atoms with Gasteiger partial charge >= 0.3 is 20.2 Å². The number of aliphatic carboxylic acids is 1. The van der Waals surface area contributed by atoms with Crippen molar-refractivity contribution in [2.45, 2.75) is 96.2 Å². The van der Waals surface area contributed by atoms with Crippen molar-refractivity contribution in [1.82, 2.24) is 19.8 Å². The second-order valence-electron chi connectivity index (χ2n) is 13.9. The molecular weight excluding hydrogens is 512 g/mol. The first-order chi connectivity index (χ1) is 18.5. The van der Waals surface area contributed by atoms with Gasteiger partial charge < -0.3 is 33.5 Å². The Hall–Kier alpha value is -1.76. The minimum absolute atomic E-state index is 0.169. The van der Waals surface area contributed by atoms with Crippen molar-refractivity contribution < 1.29 is 28.5 Å². The predicted molar refractivity (Wildman–Crippen MR) is 154 cm³/mol. The highest BCUT2D eigenvalue weighted by molar-refractivity contribution is 6.61. The number of likely N-dealkylation sites (N-methyl/N-ethyl adjacent to an activating group) is 1. The number of piperazine rings is 1. The quantitative estimate of drug-likeness (QED) is 0.535. The molecule has 11 nitrogen and oxygen atoms in total. The van der Waals surface area contributed by atoms with E-state index in [1.54, 1.807) is 12.4 Å². The first-order valence-electron chi connectivity index (χ1n) is 14.5. The van der Waals surface area contributed by atoms with Crippen LogP contribution in [0.1, 0.15) is 61.8 Å². The maximum absolute atomic E-state index is 12.8. The van der Waals surface area contributed by atoms with Gasteiger partial charge in [0, 0.05) is 56.4 Å². The van der Waals surface area contributed by atoms with Gasteiger partial charge in [-0.25, -0.2) is 9.97 Å². The number of aromatic nitrogens is 2. The van der Waals surface area contributed by atoms with Gasteiger partial charge in [-0.1, -0.05) is 0 Å². The van der Waals surface area contributed by atoms with Crippen LogP contribution in [0, 0.1) is 5.92 Å².